The predicted octanol–water partition coefficient (Wildman–Crippen LogP) is 4.30. The number of hydrogen-bond donors (Lipinski definition) is 2. The Balaban J connectivity index is 1.45. The number of nitrogens with zero attached hydrogens (tertiary/aromatic N) is 3. The van der Waals surface area contributed by atoms with Crippen LogP contribution in [-0.4, -0.2) is 33.6 Å². The monoisotopic (exact) mass is 411 g/mol. The molecule has 0 radical (unpaired) electrons. The first-order valence-corrected chi connectivity index (χ1v) is 9.95. The van der Waals surface area contributed by atoms with Crippen molar-refractivity contribution < 1.29 is 14.0 Å². The lowest BCUT2D eigenvalue weighted by atomic mass is 10.2. The molecule has 29 heavy (non-hydrogen) atoms. The van der Waals surface area contributed by atoms with E-state index < -0.39 is 11.7 Å². The highest BCUT2D eigenvalue weighted by Gasteiger charge is 2.33. The minimum Gasteiger partial charge on any atom is -0.320 e. The number of para-hydroxylation sites is 1. The van der Waals surface area contributed by atoms with Crippen molar-refractivity contribution in [2.75, 3.05) is 17.2 Å². The number of carbonyl (C=O) groups is 2. The van der Waals surface area contributed by atoms with Crippen molar-refractivity contribution in [2.45, 2.75) is 18.9 Å². The molecule has 0 saturated carbocycles. The van der Waals surface area contributed by atoms with Crippen LogP contribution in [0.5, 0.6) is 0 Å². The van der Waals surface area contributed by atoms with Crippen LogP contribution >= 0.6 is 11.3 Å². The molecule has 1 fully saturated rings. The van der Waals surface area contributed by atoms with E-state index in [1.54, 1.807) is 11.0 Å². The van der Waals surface area contributed by atoms with Crippen molar-refractivity contribution >= 4 is 34.6 Å². The van der Waals surface area contributed by atoms with Crippen LogP contribution in [-0.2, 0) is 0 Å². The molecule has 0 aliphatic carbocycles. The number of nitrogens with one attached hydrogen (secondary N) is 2. The van der Waals surface area contributed by atoms with Crippen molar-refractivity contribution in [1.29, 1.82) is 0 Å². The molecule has 3 aromatic rings. The van der Waals surface area contributed by atoms with Crippen molar-refractivity contribution in [1.82, 2.24) is 15.1 Å². The van der Waals surface area contributed by atoms with Gasteiger partial charge in [0.1, 0.15) is 10.8 Å². The molecule has 0 spiro atoms. The van der Waals surface area contributed by atoms with E-state index in [0.717, 1.165) is 29.9 Å². The van der Waals surface area contributed by atoms with Crippen molar-refractivity contribution in [3.8, 4) is 0 Å². The van der Waals surface area contributed by atoms with Gasteiger partial charge in [0.05, 0.1) is 6.04 Å². The van der Waals surface area contributed by atoms with Gasteiger partial charge in [-0.05, 0) is 43.2 Å². The summed E-state index contributed by atoms with van der Waals surface area (Å²) in [5, 5.41) is 14.3. The Kier molecular flexibility index (Phi) is 5.48. The zero-order chi connectivity index (χ0) is 20.2. The summed E-state index contributed by atoms with van der Waals surface area (Å²) in [4.78, 5) is 26.8. The first-order valence-electron chi connectivity index (χ1n) is 9.13. The van der Waals surface area contributed by atoms with Gasteiger partial charge in [-0.3, -0.25) is 4.79 Å². The van der Waals surface area contributed by atoms with Gasteiger partial charge >= 0.3 is 6.03 Å². The fourth-order valence-corrected chi connectivity index (χ4v) is 4.08. The highest BCUT2D eigenvalue weighted by atomic mass is 32.1. The van der Waals surface area contributed by atoms with Crippen LogP contribution in [0.2, 0.25) is 0 Å². The third-order valence-corrected chi connectivity index (χ3v) is 5.56. The number of halogens is 1. The van der Waals surface area contributed by atoms with Gasteiger partial charge in [0.25, 0.3) is 5.91 Å². The fourth-order valence-electron chi connectivity index (χ4n) is 3.20. The van der Waals surface area contributed by atoms with Crippen molar-refractivity contribution in [3.63, 3.8) is 0 Å². The van der Waals surface area contributed by atoms with Crippen molar-refractivity contribution in [2.24, 2.45) is 0 Å². The quantitative estimate of drug-likeness (QED) is 0.670. The Morgan fingerprint density at radius 3 is 2.62 bits per heavy atom. The van der Waals surface area contributed by atoms with E-state index in [2.05, 4.69) is 20.8 Å². The summed E-state index contributed by atoms with van der Waals surface area (Å²) in [5.41, 5.74) is 1.06. The van der Waals surface area contributed by atoms with Crippen LogP contribution in [0, 0.1) is 5.82 Å². The molecular formula is C20H18FN5O2S. The Hall–Kier alpha value is -3.33. The molecule has 1 aliphatic rings. The third kappa shape index (κ3) is 4.40. The normalized spacial score (nSPS) is 15.9. The Morgan fingerprint density at radius 1 is 1.03 bits per heavy atom. The summed E-state index contributed by atoms with van der Waals surface area (Å²) in [7, 11) is 0. The lowest BCUT2D eigenvalue weighted by molar-refractivity contribution is 0.102. The highest BCUT2D eigenvalue weighted by Crippen LogP contribution is 2.34. The summed E-state index contributed by atoms with van der Waals surface area (Å²) in [6.45, 7) is 0.605. The van der Waals surface area contributed by atoms with Gasteiger partial charge in [-0.2, -0.15) is 0 Å². The molecule has 2 N–H and O–H groups in total. The molecule has 2 aromatic carbocycles. The molecule has 9 heteroatoms. The van der Waals surface area contributed by atoms with Gasteiger partial charge < -0.3 is 15.5 Å². The molecule has 3 amide bonds. The lowest BCUT2D eigenvalue weighted by Gasteiger charge is -2.23. The summed E-state index contributed by atoms with van der Waals surface area (Å²) in [6, 6.07) is 14.4. The Morgan fingerprint density at radius 2 is 1.83 bits per heavy atom. The second-order valence-corrected chi connectivity index (χ2v) is 7.57. The van der Waals surface area contributed by atoms with E-state index in [1.807, 2.05) is 30.3 Å². The second-order valence-electron chi connectivity index (χ2n) is 6.56. The maximum atomic E-state index is 13.3. The van der Waals surface area contributed by atoms with Gasteiger partial charge in [-0.15, -0.1) is 10.2 Å². The van der Waals surface area contributed by atoms with Gasteiger partial charge in [-0.25, -0.2) is 9.18 Å². The summed E-state index contributed by atoms with van der Waals surface area (Å²) >= 11 is 1.14. The fraction of sp³-hybridized carbons (Fsp3) is 0.200. The first-order chi connectivity index (χ1) is 14.1. The molecule has 0 unspecified atom stereocenters. The van der Waals surface area contributed by atoms with Crippen LogP contribution in [0.3, 0.4) is 0 Å². The molecule has 148 valence electrons. The Bertz CT molecular complexity index is 1030. The van der Waals surface area contributed by atoms with E-state index in [0.29, 0.717) is 17.2 Å². The zero-order valence-corrected chi connectivity index (χ0v) is 16.2. The van der Waals surface area contributed by atoms with E-state index in [1.165, 1.54) is 18.2 Å². The number of benzene rings is 2. The second kappa shape index (κ2) is 8.36. The number of rotatable bonds is 4. The van der Waals surface area contributed by atoms with Crippen LogP contribution in [0.15, 0.2) is 54.6 Å². The maximum Gasteiger partial charge on any atom is 0.322 e. The number of hydrogen-bond acceptors (Lipinski definition) is 5. The minimum absolute atomic E-state index is 0.166. The number of urea groups is 1. The van der Waals surface area contributed by atoms with E-state index in [-0.39, 0.29) is 17.1 Å². The van der Waals surface area contributed by atoms with Crippen LogP contribution in [0.25, 0.3) is 0 Å². The molecule has 4 rings (SSSR count). The largest absolute Gasteiger partial charge is 0.322 e. The predicted molar refractivity (Wildman–Crippen MR) is 108 cm³/mol. The first kappa shape index (κ1) is 19.0. The van der Waals surface area contributed by atoms with Crippen LogP contribution < -0.4 is 10.6 Å². The smallest absolute Gasteiger partial charge is 0.320 e. The Labute approximate surface area is 170 Å². The summed E-state index contributed by atoms with van der Waals surface area (Å²) < 4.78 is 13.3. The number of anilines is 2. The minimum atomic E-state index is -0.461. The van der Waals surface area contributed by atoms with Gasteiger partial charge in [-0.1, -0.05) is 35.6 Å². The van der Waals surface area contributed by atoms with Crippen molar-refractivity contribution in [3.05, 3.63) is 70.4 Å². The summed E-state index contributed by atoms with van der Waals surface area (Å²) in [5.74, 6) is -0.899. The molecule has 1 saturated heterocycles. The topological polar surface area (TPSA) is 87.2 Å². The average Bonchev–Trinajstić information content (AvgIpc) is 3.38. The molecular weight excluding hydrogens is 393 g/mol. The summed E-state index contributed by atoms with van der Waals surface area (Å²) in [6.07, 6.45) is 1.60. The molecule has 1 atom stereocenters. The SMILES string of the molecule is O=C(Nc1cccc(F)c1)c1nnc([C@@H]2CCCN2C(=O)Nc2ccccc2)s1. The molecule has 7 nitrogen and oxygen atoms in total. The highest BCUT2D eigenvalue weighted by molar-refractivity contribution is 7.13. The average molecular weight is 411 g/mol. The molecule has 1 aliphatic heterocycles. The van der Waals surface area contributed by atoms with Gasteiger partial charge in [0, 0.05) is 17.9 Å². The number of likely N-dealkylation sites (tertiary alicyclic amines) is 1. The molecule has 2 heterocycles. The standard InChI is InChI=1S/C20H18FN5O2S/c21-13-6-4-9-15(12-13)22-17(27)19-25-24-18(29-19)16-10-5-11-26(16)20(28)23-14-7-2-1-3-8-14/h1-4,6-9,12,16H,5,10-11H2,(H,22,27)(H,23,28)/t16-/m0/s1. The van der Waals surface area contributed by atoms with Crippen LogP contribution in [0.4, 0.5) is 20.6 Å². The van der Waals surface area contributed by atoms with E-state index in [4.69, 9.17) is 0 Å². The van der Waals surface area contributed by atoms with E-state index in [9.17, 15) is 14.0 Å². The number of carbonyl (C=O) groups excluding carboxylic acids is 2. The van der Waals surface area contributed by atoms with Crippen LogP contribution in [0.1, 0.15) is 33.7 Å². The third-order valence-electron chi connectivity index (χ3n) is 4.54. The number of aromatic nitrogens is 2. The lowest BCUT2D eigenvalue weighted by Crippen LogP contribution is -2.34. The maximum absolute atomic E-state index is 13.3. The molecule has 0 bridgehead atoms. The van der Waals surface area contributed by atoms with Gasteiger partial charge in [0.2, 0.25) is 5.01 Å². The zero-order valence-electron chi connectivity index (χ0n) is 15.3. The van der Waals surface area contributed by atoms with Gasteiger partial charge in [0.15, 0.2) is 0 Å². The molecule has 1 aromatic heterocycles. The van der Waals surface area contributed by atoms with E-state index >= 15 is 0 Å². The number of amides is 3.